The van der Waals surface area contributed by atoms with E-state index in [2.05, 4.69) is 21.9 Å². The third-order valence-corrected chi connectivity index (χ3v) is 3.63. The molecule has 21 heavy (non-hydrogen) atoms. The van der Waals surface area contributed by atoms with Gasteiger partial charge in [0.1, 0.15) is 5.76 Å². The second-order valence-corrected chi connectivity index (χ2v) is 6.29. The highest BCUT2D eigenvalue weighted by molar-refractivity contribution is 7.98. The van der Waals surface area contributed by atoms with Crippen molar-refractivity contribution in [3.63, 3.8) is 0 Å². The van der Waals surface area contributed by atoms with E-state index in [0.29, 0.717) is 6.54 Å². The van der Waals surface area contributed by atoms with Crippen LogP contribution in [0.4, 0.5) is 0 Å². The number of hydrogen-bond donors (Lipinski definition) is 2. The molecule has 120 valence electrons. The molecule has 0 bridgehead atoms. The van der Waals surface area contributed by atoms with Gasteiger partial charge in [0.25, 0.3) is 0 Å². The Hall–Kier alpha value is -1.14. The van der Waals surface area contributed by atoms with Gasteiger partial charge >= 0.3 is 0 Å². The van der Waals surface area contributed by atoms with E-state index in [4.69, 9.17) is 9.15 Å². The molecule has 0 saturated heterocycles. The fraction of sp³-hybridized carbons (Fsp3) is 0.667. The summed E-state index contributed by atoms with van der Waals surface area (Å²) >= 11 is 1.81. The van der Waals surface area contributed by atoms with Gasteiger partial charge in [0.2, 0.25) is 0 Å². The number of methoxy groups -OCH3 is 1. The van der Waals surface area contributed by atoms with E-state index in [9.17, 15) is 0 Å². The van der Waals surface area contributed by atoms with Crippen LogP contribution in [0.3, 0.4) is 0 Å². The van der Waals surface area contributed by atoms with Crippen LogP contribution in [-0.2, 0) is 11.2 Å². The van der Waals surface area contributed by atoms with Crippen LogP contribution in [0.5, 0.6) is 0 Å². The Bertz CT molecular complexity index is 405. The van der Waals surface area contributed by atoms with Gasteiger partial charge in [-0.3, -0.25) is 4.99 Å². The second-order valence-electron chi connectivity index (χ2n) is 5.30. The molecule has 0 unspecified atom stereocenters. The maximum atomic E-state index is 5.40. The molecular formula is C15H27N3O2S. The predicted octanol–water partition coefficient (Wildman–Crippen LogP) is 2.15. The predicted molar refractivity (Wildman–Crippen MR) is 90.2 cm³/mol. The molecule has 6 heteroatoms. The third kappa shape index (κ3) is 8.02. The first-order chi connectivity index (χ1) is 10.1. The van der Waals surface area contributed by atoms with Crippen LogP contribution in [0, 0.1) is 0 Å². The lowest BCUT2D eigenvalue weighted by molar-refractivity contribution is 0.0310. The van der Waals surface area contributed by atoms with Crippen molar-refractivity contribution in [1.29, 1.82) is 0 Å². The van der Waals surface area contributed by atoms with Crippen molar-refractivity contribution in [2.75, 3.05) is 38.8 Å². The molecule has 0 atom stereocenters. The summed E-state index contributed by atoms with van der Waals surface area (Å²) in [5.41, 5.74) is -0.255. The molecule has 0 aliphatic heterocycles. The van der Waals surface area contributed by atoms with E-state index in [1.807, 2.05) is 37.7 Å². The van der Waals surface area contributed by atoms with Gasteiger partial charge in [0.05, 0.1) is 18.4 Å². The van der Waals surface area contributed by atoms with Gasteiger partial charge in [-0.05, 0) is 32.2 Å². The minimum Gasteiger partial charge on any atom is -0.469 e. The number of thioether (sulfide) groups is 1. The van der Waals surface area contributed by atoms with Crippen molar-refractivity contribution in [2.45, 2.75) is 25.9 Å². The van der Waals surface area contributed by atoms with Crippen LogP contribution in [0.2, 0.25) is 0 Å². The Kier molecular flexibility index (Phi) is 8.30. The van der Waals surface area contributed by atoms with E-state index in [0.717, 1.165) is 37.0 Å². The van der Waals surface area contributed by atoms with Crippen molar-refractivity contribution in [2.24, 2.45) is 4.99 Å². The average molecular weight is 313 g/mol. The summed E-state index contributed by atoms with van der Waals surface area (Å²) in [5.74, 6) is 2.84. The minimum atomic E-state index is -0.255. The lowest BCUT2D eigenvalue weighted by atomic mass is 10.1. The summed E-state index contributed by atoms with van der Waals surface area (Å²) < 4.78 is 10.7. The Labute approximate surface area is 131 Å². The summed E-state index contributed by atoms with van der Waals surface area (Å²) in [7, 11) is 1.71. The van der Waals surface area contributed by atoms with Crippen LogP contribution in [0.25, 0.3) is 0 Å². The van der Waals surface area contributed by atoms with Gasteiger partial charge in [0, 0.05) is 32.4 Å². The standard InChI is InChI=1S/C15H27N3O2S/c1-15(2,19-3)12-18-14(17-9-11-21-4)16-8-7-13-6-5-10-20-13/h5-6,10H,7-9,11-12H2,1-4H3,(H2,16,17,18). The molecule has 0 aromatic carbocycles. The Morgan fingerprint density at radius 3 is 2.76 bits per heavy atom. The minimum absolute atomic E-state index is 0.255. The summed E-state index contributed by atoms with van der Waals surface area (Å²) in [6.07, 6.45) is 4.63. The van der Waals surface area contributed by atoms with Crippen molar-refractivity contribution < 1.29 is 9.15 Å². The first-order valence-electron chi connectivity index (χ1n) is 7.16. The molecule has 0 aliphatic rings. The molecule has 1 heterocycles. The van der Waals surface area contributed by atoms with Gasteiger partial charge in [-0.2, -0.15) is 11.8 Å². The van der Waals surface area contributed by atoms with Crippen LogP contribution in [-0.4, -0.2) is 50.3 Å². The van der Waals surface area contributed by atoms with Crippen LogP contribution in [0.1, 0.15) is 19.6 Å². The molecular weight excluding hydrogens is 286 g/mol. The number of guanidine groups is 1. The first-order valence-corrected chi connectivity index (χ1v) is 8.55. The second kappa shape index (κ2) is 9.73. The van der Waals surface area contributed by atoms with Crippen LogP contribution >= 0.6 is 11.8 Å². The van der Waals surface area contributed by atoms with Crippen molar-refractivity contribution in [3.8, 4) is 0 Å². The zero-order chi connectivity index (χ0) is 15.6. The summed E-state index contributed by atoms with van der Waals surface area (Å²) in [5, 5.41) is 6.66. The van der Waals surface area contributed by atoms with E-state index in [1.165, 1.54) is 0 Å². The van der Waals surface area contributed by atoms with Gasteiger partial charge in [-0.15, -0.1) is 0 Å². The SMILES string of the molecule is COC(C)(C)CN=C(NCCSC)NCCc1ccco1. The molecule has 0 spiro atoms. The number of aliphatic imine (C=N–C) groups is 1. The normalized spacial score (nSPS) is 12.5. The largest absolute Gasteiger partial charge is 0.469 e. The van der Waals surface area contributed by atoms with Crippen LogP contribution in [0.15, 0.2) is 27.8 Å². The Morgan fingerprint density at radius 1 is 1.38 bits per heavy atom. The van der Waals surface area contributed by atoms with Gasteiger partial charge < -0.3 is 19.8 Å². The monoisotopic (exact) mass is 313 g/mol. The highest BCUT2D eigenvalue weighted by atomic mass is 32.2. The molecule has 2 N–H and O–H groups in total. The van der Waals surface area contributed by atoms with Crippen molar-refractivity contribution >= 4 is 17.7 Å². The molecule has 1 aromatic rings. The lowest BCUT2D eigenvalue weighted by Gasteiger charge is -2.21. The maximum Gasteiger partial charge on any atom is 0.191 e. The summed E-state index contributed by atoms with van der Waals surface area (Å²) in [6, 6.07) is 3.88. The molecule has 1 aromatic heterocycles. The molecule has 0 amide bonds. The molecule has 1 rings (SSSR count). The van der Waals surface area contributed by atoms with Crippen molar-refractivity contribution in [3.05, 3.63) is 24.2 Å². The molecule has 0 radical (unpaired) electrons. The maximum absolute atomic E-state index is 5.40. The highest BCUT2D eigenvalue weighted by Gasteiger charge is 2.15. The fourth-order valence-electron chi connectivity index (χ4n) is 1.54. The third-order valence-electron chi connectivity index (χ3n) is 3.01. The number of hydrogen-bond acceptors (Lipinski definition) is 4. The topological polar surface area (TPSA) is 58.8 Å². The summed E-state index contributed by atoms with van der Waals surface area (Å²) in [6.45, 7) is 6.34. The number of ether oxygens (including phenoxy) is 1. The lowest BCUT2D eigenvalue weighted by Crippen LogP contribution is -2.41. The summed E-state index contributed by atoms with van der Waals surface area (Å²) in [4.78, 5) is 4.59. The number of furan rings is 1. The fourth-order valence-corrected chi connectivity index (χ4v) is 1.84. The van der Waals surface area contributed by atoms with Crippen LogP contribution < -0.4 is 10.6 Å². The molecule has 0 fully saturated rings. The van der Waals surface area contributed by atoms with E-state index >= 15 is 0 Å². The molecule has 0 aliphatic carbocycles. The molecule has 0 saturated carbocycles. The highest BCUT2D eigenvalue weighted by Crippen LogP contribution is 2.07. The van der Waals surface area contributed by atoms with Gasteiger partial charge in [-0.25, -0.2) is 0 Å². The average Bonchev–Trinajstić information content (AvgIpc) is 2.98. The zero-order valence-corrected chi connectivity index (χ0v) is 14.3. The number of nitrogens with zero attached hydrogens (tertiary/aromatic N) is 1. The zero-order valence-electron chi connectivity index (χ0n) is 13.4. The van der Waals surface area contributed by atoms with E-state index in [1.54, 1.807) is 13.4 Å². The smallest absolute Gasteiger partial charge is 0.191 e. The number of nitrogens with one attached hydrogen (secondary N) is 2. The van der Waals surface area contributed by atoms with Gasteiger partial charge in [0.15, 0.2) is 5.96 Å². The Morgan fingerprint density at radius 2 is 2.14 bits per heavy atom. The number of rotatable bonds is 9. The quantitative estimate of drug-likeness (QED) is 0.415. The first kappa shape index (κ1) is 17.9. The Balaban J connectivity index is 2.44. The van der Waals surface area contributed by atoms with Crippen molar-refractivity contribution in [1.82, 2.24) is 10.6 Å². The van der Waals surface area contributed by atoms with Gasteiger partial charge in [-0.1, -0.05) is 0 Å². The van der Waals surface area contributed by atoms with E-state index in [-0.39, 0.29) is 5.60 Å². The van der Waals surface area contributed by atoms with E-state index < -0.39 is 0 Å². The molecule has 5 nitrogen and oxygen atoms in total.